The number of rotatable bonds is 9. The second-order valence-corrected chi connectivity index (χ2v) is 14.2. The number of nitrogens with zero attached hydrogens (tertiary/aromatic N) is 6. The minimum Gasteiger partial charge on any atom is -0.416 e. The number of aromatic nitrogens is 6. The fraction of sp³-hybridized carbons (Fsp3) is 0.526. The quantitative estimate of drug-likeness (QED) is 0.370. The molecule has 1 aliphatic carbocycles. The highest BCUT2D eigenvalue weighted by atomic mass is 28.3. The third-order valence-corrected chi connectivity index (χ3v) is 6.54. The van der Waals surface area contributed by atoms with E-state index in [1.54, 1.807) is 17.1 Å². The van der Waals surface area contributed by atoms with Gasteiger partial charge in [0.25, 0.3) is 0 Å². The summed E-state index contributed by atoms with van der Waals surface area (Å²) in [7, 11) is -1.16. The topological polar surface area (TPSA) is 87.8 Å². The Morgan fingerprint density at radius 1 is 1.17 bits per heavy atom. The van der Waals surface area contributed by atoms with Gasteiger partial charge in [-0.3, -0.25) is 0 Å². The van der Waals surface area contributed by atoms with Crippen molar-refractivity contribution in [1.82, 2.24) is 29.7 Å². The lowest BCUT2D eigenvalue weighted by Crippen LogP contribution is -2.22. The van der Waals surface area contributed by atoms with Crippen LogP contribution in [0.25, 0.3) is 22.4 Å². The van der Waals surface area contributed by atoms with Crippen LogP contribution < -0.4 is 4.74 Å². The molecule has 0 unspecified atom stereocenters. The van der Waals surface area contributed by atoms with Crippen molar-refractivity contribution in [2.75, 3.05) is 6.61 Å². The van der Waals surface area contributed by atoms with Crippen LogP contribution in [0.1, 0.15) is 24.5 Å². The zero-order valence-corrected chi connectivity index (χ0v) is 18.2. The number of ether oxygens (including phenoxy) is 2. The summed E-state index contributed by atoms with van der Waals surface area (Å²) in [4.78, 5) is 17.1. The van der Waals surface area contributed by atoms with E-state index in [1.807, 2.05) is 0 Å². The van der Waals surface area contributed by atoms with E-state index in [2.05, 4.69) is 49.4 Å². The Morgan fingerprint density at radius 2 is 1.97 bits per heavy atom. The average molecular weight is 435 g/mol. The molecule has 0 bridgehead atoms. The van der Waals surface area contributed by atoms with Crippen LogP contribution in [0.5, 0.6) is 5.88 Å². The molecule has 0 N–H and O–H groups in total. The molecule has 1 saturated carbocycles. The van der Waals surface area contributed by atoms with Crippen LogP contribution in [0.15, 0.2) is 18.7 Å². The van der Waals surface area contributed by atoms with Gasteiger partial charge in [0.2, 0.25) is 5.88 Å². The maximum absolute atomic E-state index is 12.9. The first-order valence-electron chi connectivity index (χ1n) is 9.88. The van der Waals surface area contributed by atoms with Gasteiger partial charge < -0.3 is 9.47 Å². The van der Waals surface area contributed by atoms with Crippen LogP contribution >= 0.6 is 0 Å². The van der Waals surface area contributed by atoms with Gasteiger partial charge in [0.05, 0.1) is 18.1 Å². The van der Waals surface area contributed by atoms with E-state index in [-0.39, 0.29) is 17.6 Å². The van der Waals surface area contributed by atoms with E-state index in [4.69, 9.17) is 4.74 Å². The van der Waals surface area contributed by atoms with E-state index in [9.17, 15) is 8.78 Å². The number of fused-ring (bicyclic) bond motifs is 1. The summed E-state index contributed by atoms with van der Waals surface area (Å²) >= 11 is 0. The summed E-state index contributed by atoms with van der Waals surface area (Å²) < 4.78 is 37.9. The van der Waals surface area contributed by atoms with Crippen molar-refractivity contribution in [2.45, 2.75) is 57.8 Å². The zero-order chi connectivity index (χ0) is 21.3. The molecule has 160 valence electrons. The Morgan fingerprint density at radius 3 is 2.67 bits per heavy atom. The van der Waals surface area contributed by atoms with Gasteiger partial charge in [-0.05, 0) is 18.9 Å². The van der Waals surface area contributed by atoms with Crippen LogP contribution in [0.3, 0.4) is 0 Å². The van der Waals surface area contributed by atoms with E-state index in [1.165, 1.54) is 6.33 Å². The highest BCUT2D eigenvalue weighted by Crippen LogP contribution is 2.45. The molecule has 4 rings (SSSR count). The lowest BCUT2D eigenvalue weighted by atomic mass is 10.1. The first-order chi connectivity index (χ1) is 14.3. The number of alkyl halides is 2. The molecule has 0 saturated heterocycles. The predicted octanol–water partition coefficient (Wildman–Crippen LogP) is 4.07. The maximum Gasteiger partial charge on any atom is 0.388 e. The fourth-order valence-corrected chi connectivity index (χ4v) is 3.81. The lowest BCUT2D eigenvalue weighted by molar-refractivity contribution is -0.0525. The Bertz CT molecular complexity index is 1040. The van der Waals surface area contributed by atoms with E-state index >= 15 is 0 Å². The second-order valence-electron chi connectivity index (χ2n) is 8.55. The van der Waals surface area contributed by atoms with Crippen LogP contribution in [0.2, 0.25) is 25.7 Å². The molecule has 8 nitrogen and oxygen atoms in total. The highest BCUT2D eigenvalue weighted by Gasteiger charge is 2.32. The van der Waals surface area contributed by atoms with Crippen molar-refractivity contribution < 1.29 is 18.3 Å². The standard InChI is InChI=1S/C19H24F2N6O2Si/c1-30(2,3)7-6-28-11-27-14-9-22-17(26-13(14)8-25-27)15-16(12-4-5-12)23-10-24-18(15)29-19(20)21/h8-10,12,19H,4-7,11H2,1-3H3. The van der Waals surface area contributed by atoms with Crippen LogP contribution in [-0.2, 0) is 11.5 Å². The number of hydrogen-bond acceptors (Lipinski definition) is 7. The van der Waals surface area contributed by atoms with Crippen molar-refractivity contribution >= 4 is 19.1 Å². The van der Waals surface area contributed by atoms with Crippen molar-refractivity contribution in [3.8, 4) is 17.3 Å². The molecule has 1 fully saturated rings. The Balaban J connectivity index is 1.60. The maximum atomic E-state index is 12.9. The molecule has 3 heterocycles. The van der Waals surface area contributed by atoms with E-state index < -0.39 is 14.7 Å². The summed E-state index contributed by atoms with van der Waals surface area (Å²) in [5.74, 6) is 0.230. The molecule has 0 aromatic carbocycles. The highest BCUT2D eigenvalue weighted by molar-refractivity contribution is 6.76. The van der Waals surface area contributed by atoms with E-state index in [0.717, 1.165) is 18.9 Å². The van der Waals surface area contributed by atoms with Gasteiger partial charge in [0.15, 0.2) is 5.82 Å². The third-order valence-electron chi connectivity index (χ3n) is 4.84. The van der Waals surface area contributed by atoms with Gasteiger partial charge in [-0.1, -0.05) is 19.6 Å². The SMILES string of the molecule is C[Si](C)(C)CCOCn1ncc2nc(-c3c(OC(F)F)ncnc3C3CC3)ncc21. The molecular weight excluding hydrogens is 410 g/mol. The Hall–Kier alpha value is -2.53. The van der Waals surface area contributed by atoms with Crippen molar-refractivity contribution in [2.24, 2.45) is 0 Å². The molecule has 0 amide bonds. The normalized spacial score (nSPS) is 14.6. The molecule has 11 heteroatoms. The van der Waals surface area contributed by atoms with Crippen molar-refractivity contribution in [1.29, 1.82) is 0 Å². The molecule has 1 aliphatic rings. The molecule has 3 aromatic rings. The molecule has 30 heavy (non-hydrogen) atoms. The minimum atomic E-state index is -2.99. The van der Waals surface area contributed by atoms with Gasteiger partial charge in [-0.15, -0.1) is 0 Å². The first-order valence-corrected chi connectivity index (χ1v) is 13.6. The summed E-state index contributed by atoms with van der Waals surface area (Å²) in [6.07, 6.45) is 6.34. The first kappa shape index (κ1) is 20.7. The largest absolute Gasteiger partial charge is 0.416 e. The molecule has 0 atom stereocenters. The van der Waals surface area contributed by atoms with Crippen molar-refractivity contribution in [3.05, 3.63) is 24.4 Å². The van der Waals surface area contributed by atoms with Gasteiger partial charge in [-0.2, -0.15) is 13.9 Å². The zero-order valence-electron chi connectivity index (χ0n) is 17.2. The van der Waals surface area contributed by atoms with Crippen LogP contribution in [0.4, 0.5) is 8.78 Å². The van der Waals surface area contributed by atoms with Gasteiger partial charge in [0.1, 0.15) is 29.7 Å². The Kier molecular flexibility index (Phi) is 5.74. The van der Waals surface area contributed by atoms with E-state index in [0.29, 0.717) is 35.6 Å². The molecule has 3 aromatic heterocycles. The van der Waals surface area contributed by atoms with Crippen molar-refractivity contribution in [3.63, 3.8) is 0 Å². The molecular formula is C19H24F2N6O2Si. The predicted molar refractivity (Wildman–Crippen MR) is 109 cm³/mol. The van der Waals surface area contributed by atoms with Gasteiger partial charge >= 0.3 is 6.61 Å². The number of hydrogen-bond donors (Lipinski definition) is 0. The summed E-state index contributed by atoms with van der Waals surface area (Å²) in [6.45, 7) is 4.87. The lowest BCUT2D eigenvalue weighted by Gasteiger charge is -2.15. The van der Waals surface area contributed by atoms with Crippen LogP contribution in [-0.4, -0.2) is 51.0 Å². The van der Waals surface area contributed by atoms with Gasteiger partial charge in [-0.25, -0.2) is 24.6 Å². The number of halogens is 2. The van der Waals surface area contributed by atoms with Crippen LogP contribution in [0, 0.1) is 0 Å². The average Bonchev–Trinajstić information content (AvgIpc) is 3.44. The second kappa shape index (κ2) is 8.30. The molecule has 0 radical (unpaired) electrons. The fourth-order valence-electron chi connectivity index (χ4n) is 3.05. The molecule has 0 spiro atoms. The molecule has 0 aliphatic heterocycles. The minimum absolute atomic E-state index is 0.185. The smallest absolute Gasteiger partial charge is 0.388 e. The summed E-state index contributed by atoms with van der Waals surface area (Å²) in [6, 6.07) is 1.07. The summed E-state index contributed by atoms with van der Waals surface area (Å²) in [5.41, 5.74) is 2.25. The summed E-state index contributed by atoms with van der Waals surface area (Å²) in [5, 5.41) is 4.32. The Labute approximate surface area is 173 Å². The monoisotopic (exact) mass is 434 g/mol. The third kappa shape index (κ3) is 4.78. The van der Waals surface area contributed by atoms with Gasteiger partial charge in [0, 0.05) is 20.6 Å².